The Hall–Kier alpha value is -3.19. The lowest BCUT2D eigenvalue weighted by Gasteiger charge is -2.12. The number of hydrogen-bond donors (Lipinski definition) is 1. The van der Waals surface area contributed by atoms with Gasteiger partial charge in [0.2, 0.25) is 5.91 Å². The SMILES string of the molecule is Cc1cc(C)c(NC(=O)CSc2ncnc3c2cnn3Cc2ccccc2)c(C)c1. The Kier molecular flexibility index (Phi) is 5.81. The van der Waals surface area contributed by atoms with Crippen molar-refractivity contribution in [2.75, 3.05) is 11.1 Å². The molecule has 2 aromatic heterocycles. The van der Waals surface area contributed by atoms with E-state index in [-0.39, 0.29) is 11.7 Å². The highest BCUT2D eigenvalue weighted by atomic mass is 32.2. The van der Waals surface area contributed by atoms with Gasteiger partial charge in [0, 0.05) is 5.69 Å². The van der Waals surface area contributed by atoms with Crippen LogP contribution in [0.4, 0.5) is 5.69 Å². The molecule has 7 heteroatoms. The van der Waals surface area contributed by atoms with E-state index in [9.17, 15) is 4.79 Å². The predicted molar refractivity (Wildman–Crippen MR) is 121 cm³/mol. The average Bonchev–Trinajstić information content (AvgIpc) is 3.13. The zero-order chi connectivity index (χ0) is 21.1. The number of fused-ring (bicyclic) bond motifs is 1. The van der Waals surface area contributed by atoms with E-state index in [1.165, 1.54) is 23.7 Å². The predicted octanol–water partition coefficient (Wildman–Crippen LogP) is 4.53. The number of aryl methyl sites for hydroxylation is 3. The lowest BCUT2D eigenvalue weighted by atomic mass is 10.1. The molecule has 0 aliphatic carbocycles. The number of rotatable bonds is 6. The van der Waals surface area contributed by atoms with Gasteiger partial charge >= 0.3 is 0 Å². The Balaban J connectivity index is 1.47. The van der Waals surface area contributed by atoms with E-state index in [1.807, 2.05) is 36.7 Å². The van der Waals surface area contributed by atoms with Gasteiger partial charge in [0.1, 0.15) is 11.4 Å². The number of carbonyl (C=O) groups excluding carboxylic acids is 1. The molecule has 1 N–H and O–H groups in total. The van der Waals surface area contributed by atoms with Gasteiger partial charge in [-0.25, -0.2) is 14.6 Å². The fourth-order valence-corrected chi connectivity index (χ4v) is 4.31. The van der Waals surface area contributed by atoms with Crippen molar-refractivity contribution in [3.8, 4) is 0 Å². The molecule has 0 bridgehead atoms. The fraction of sp³-hybridized carbons (Fsp3) is 0.217. The van der Waals surface area contributed by atoms with Crippen molar-refractivity contribution in [1.82, 2.24) is 19.7 Å². The Bertz CT molecular complexity index is 1180. The zero-order valence-corrected chi connectivity index (χ0v) is 18.0. The van der Waals surface area contributed by atoms with Crippen molar-refractivity contribution in [2.24, 2.45) is 0 Å². The van der Waals surface area contributed by atoms with E-state index >= 15 is 0 Å². The average molecular weight is 418 g/mol. The second-order valence-corrected chi connectivity index (χ2v) is 8.28. The Morgan fingerprint density at radius 2 is 1.80 bits per heavy atom. The summed E-state index contributed by atoms with van der Waals surface area (Å²) in [7, 11) is 0. The van der Waals surface area contributed by atoms with Crippen molar-refractivity contribution in [2.45, 2.75) is 32.3 Å². The van der Waals surface area contributed by atoms with Crippen LogP contribution in [0.25, 0.3) is 11.0 Å². The number of aromatic nitrogens is 4. The lowest BCUT2D eigenvalue weighted by Crippen LogP contribution is -2.16. The summed E-state index contributed by atoms with van der Waals surface area (Å²) in [6.45, 7) is 6.72. The number of hydrogen-bond acceptors (Lipinski definition) is 5. The summed E-state index contributed by atoms with van der Waals surface area (Å²) in [4.78, 5) is 21.3. The van der Waals surface area contributed by atoms with Crippen molar-refractivity contribution >= 4 is 34.4 Å². The van der Waals surface area contributed by atoms with Crippen LogP contribution in [0.3, 0.4) is 0 Å². The van der Waals surface area contributed by atoms with Gasteiger partial charge in [-0.15, -0.1) is 0 Å². The highest BCUT2D eigenvalue weighted by Crippen LogP contribution is 2.26. The second-order valence-electron chi connectivity index (χ2n) is 7.31. The van der Waals surface area contributed by atoms with Crippen LogP contribution in [0.2, 0.25) is 0 Å². The van der Waals surface area contributed by atoms with E-state index < -0.39 is 0 Å². The first-order chi connectivity index (χ1) is 14.5. The molecule has 6 nitrogen and oxygen atoms in total. The number of anilines is 1. The number of benzene rings is 2. The number of thioether (sulfide) groups is 1. The molecule has 4 rings (SSSR count). The summed E-state index contributed by atoms with van der Waals surface area (Å²) in [6.07, 6.45) is 3.30. The quantitative estimate of drug-likeness (QED) is 0.369. The standard InChI is InChI=1S/C23H23N5OS/c1-15-9-16(2)21(17(3)10-15)27-20(29)13-30-23-19-11-26-28(22(19)24-14-25-23)12-18-7-5-4-6-8-18/h4-11,14H,12-13H2,1-3H3,(H,27,29). The fourth-order valence-electron chi connectivity index (χ4n) is 3.55. The lowest BCUT2D eigenvalue weighted by molar-refractivity contribution is -0.113. The smallest absolute Gasteiger partial charge is 0.234 e. The number of carbonyl (C=O) groups is 1. The molecule has 0 saturated heterocycles. The molecule has 0 saturated carbocycles. The topological polar surface area (TPSA) is 72.7 Å². The first-order valence-electron chi connectivity index (χ1n) is 9.72. The van der Waals surface area contributed by atoms with Crippen molar-refractivity contribution in [1.29, 1.82) is 0 Å². The van der Waals surface area contributed by atoms with Crippen LogP contribution in [0.1, 0.15) is 22.3 Å². The summed E-state index contributed by atoms with van der Waals surface area (Å²) >= 11 is 1.40. The molecule has 0 unspecified atom stereocenters. The van der Waals surface area contributed by atoms with Gasteiger partial charge in [-0.05, 0) is 37.5 Å². The molecule has 4 aromatic rings. The molecule has 152 valence electrons. The molecule has 30 heavy (non-hydrogen) atoms. The maximum atomic E-state index is 12.6. The highest BCUT2D eigenvalue weighted by molar-refractivity contribution is 8.00. The summed E-state index contributed by atoms with van der Waals surface area (Å²) in [5.41, 5.74) is 6.12. The van der Waals surface area contributed by atoms with Gasteiger partial charge in [0.05, 0.1) is 23.9 Å². The summed E-state index contributed by atoms with van der Waals surface area (Å²) in [5, 5.41) is 9.13. The van der Waals surface area contributed by atoms with Crippen LogP contribution >= 0.6 is 11.8 Å². The zero-order valence-electron chi connectivity index (χ0n) is 17.2. The second kappa shape index (κ2) is 8.67. The number of nitrogens with one attached hydrogen (secondary N) is 1. The van der Waals surface area contributed by atoms with Crippen molar-refractivity contribution in [3.63, 3.8) is 0 Å². The van der Waals surface area contributed by atoms with Crippen LogP contribution in [0.15, 0.2) is 60.0 Å². The number of amides is 1. The van der Waals surface area contributed by atoms with Gasteiger partial charge in [-0.3, -0.25) is 4.79 Å². The third-order valence-corrected chi connectivity index (χ3v) is 5.86. The Morgan fingerprint density at radius 3 is 2.53 bits per heavy atom. The van der Waals surface area contributed by atoms with Gasteiger partial charge < -0.3 is 5.32 Å². The minimum absolute atomic E-state index is 0.0570. The van der Waals surface area contributed by atoms with Crippen LogP contribution in [0.5, 0.6) is 0 Å². The molecule has 1 amide bonds. The molecule has 0 aliphatic heterocycles. The monoisotopic (exact) mass is 417 g/mol. The van der Waals surface area contributed by atoms with Crippen LogP contribution in [-0.2, 0) is 11.3 Å². The Labute approximate surface area is 179 Å². The van der Waals surface area contributed by atoms with Crippen LogP contribution in [0, 0.1) is 20.8 Å². The molecule has 0 atom stereocenters. The maximum absolute atomic E-state index is 12.6. The molecule has 2 heterocycles. The molecule has 0 aliphatic rings. The van der Waals surface area contributed by atoms with E-state index in [0.717, 1.165) is 38.4 Å². The van der Waals surface area contributed by atoms with Crippen molar-refractivity contribution < 1.29 is 4.79 Å². The minimum atomic E-state index is -0.0570. The van der Waals surface area contributed by atoms with Gasteiger partial charge in [0.25, 0.3) is 0 Å². The molecule has 0 fully saturated rings. The van der Waals surface area contributed by atoms with E-state index in [2.05, 4.69) is 51.6 Å². The van der Waals surface area contributed by atoms with Crippen LogP contribution in [-0.4, -0.2) is 31.4 Å². The molecule has 0 radical (unpaired) electrons. The first-order valence-corrected chi connectivity index (χ1v) is 10.7. The highest BCUT2D eigenvalue weighted by Gasteiger charge is 2.13. The van der Waals surface area contributed by atoms with E-state index in [1.54, 1.807) is 6.20 Å². The summed E-state index contributed by atoms with van der Waals surface area (Å²) < 4.78 is 1.86. The summed E-state index contributed by atoms with van der Waals surface area (Å²) in [6, 6.07) is 14.3. The third-order valence-electron chi connectivity index (χ3n) is 4.85. The summed E-state index contributed by atoms with van der Waals surface area (Å²) in [5.74, 6) is 0.210. The Morgan fingerprint density at radius 1 is 1.07 bits per heavy atom. The van der Waals surface area contributed by atoms with Gasteiger partial charge in [0.15, 0.2) is 5.65 Å². The molecular formula is C23H23N5OS. The number of nitrogens with zero attached hydrogens (tertiary/aromatic N) is 4. The minimum Gasteiger partial charge on any atom is -0.325 e. The largest absolute Gasteiger partial charge is 0.325 e. The third kappa shape index (κ3) is 4.36. The molecular weight excluding hydrogens is 394 g/mol. The first kappa shape index (κ1) is 20.1. The van der Waals surface area contributed by atoms with Crippen LogP contribution < -0.4 is 5.32 Å². The normalized spacial score (nSPS) is 11.0. The van der Waals surface area contributed by atoms with E-state index in [0.29, 0.717) is 6.54 Å². The van der Waals surface area contributed by atoms with Crippen molar-refractivity contribution in [3.05, 3.63) is 77.2 Å². The van der Waals surface area contributed by atoms with Gasteiger partial charge in [-0.1, -0.05) is 59.8 Å². The molecule has 2 aromatic carbocycles. The molecule has 0 spiro atoms. The maximum Gasteiger partial charge on any atom is 0.234 e. The van der Waals surface area contributed by atoms with Gasteiger partial charge in [-0.2, -0.15) is 5.10 Å². The van der Waals surface area contributed by atoms with E-state index in [4.69, 9.17) is 0 Å².